The molecule has 4 aromatic rings. The highest BCUT2D eigenvalue weighted by Gasteiger charge is 2.34. The average Bonchev–Trinajstić information content (AvgIpc) is 3.39. The smallest absolute Gasteiger partial charge is 0.159 e. The number of thiazole rings is 1. The molecule has 6 heteroatoms. The SMILES string of the molecule is Cc1ccc(-c2cc(C#N)ccc2OCC(O)(c2ccc(C#N)cc2)c2cncs2)cc1. The van der Waals surface area contributed by atoms with Gasteiger partial charge in [0, 0.05) is 11.8 Å². The first-order chi connectivity index (χ1) is 15.5. The van der Waals surface area contributed by atoms with Gasteiger partial charge in [-0.1, -0.05) is 42.0 Å². The van der Waals surface area contributed by atoms with Crippen LogP contribution in [0, 0.1) is 29.6 Å². The van der Waals surface area contributed by atoms with Gasteiger partial charge in [-0.2, -0.15) is 10.5 Å². The van der Waals surface area contributed by atoms with Crippen LogP contribution in [0.4, 0.5) is 0 Å². The van der Waals surface area contributed by atoms with E-state index in [4.69, 9.17) is 10.00 Å². The van der Waals surface area contributed by atoms with E-state index < -0.39 is 5.60 Å². The zero-order valence-electron chi connectivity index (χ0n) is 17.3. The second-order valence-electron chi connectivity index (χ2n) is 7.39. The molecule has 1 N–H and O–H groups in total. The van der Waals surface area contributed by atoms with Crippen molar-refractivity contribution in [1.29, 1.82) is 10.5 Å². The number of ether oxygens (including phenoxy) is 1. The standard InChI is InChI=1S/C26H19N3O2S/c1-18-2-7-21(8-3-18)23-12-20(14-28)6-11-24(23)31-16-26(30,25-15-29-17-32-25)22-9-4-19(13-27)5-10-22/h2-12,15,17,30H,16H2,1H3. The van der Waals surface area contributed by atoms with E-state index in [-0.39, 0.29) is 6.61 Å². The zero-order valence-corrected chi connectivity index (χ0v) is 18.1. The van der Waals surface area contributed by atoms with Gasteiger partial charge in [0.1, 0.15) is 12.4 Å². The fourth-order valence-electron chi connectivity index (χ4n) is 3.40. The molecule has 5 nitrogen and oxygen atoms in total. The molecule has 0 bridgehead atoms. The molecule has 4 rings (SSSR count). The van der Waals surface area contributed by atoms with Crippen molar-refractivity contribution in [3.8, 4) is 29.0 Å². The second-order valence-corrected chi connectivity index (χ2v) is 8.28. The normalized spacial score (nSPS) is 12.4. The van der Waals surface area contributed by atoms with Gasteiger partial charge in [0.25, 0.3) is 0 Å². The van der Waals surface area contributed by atoms with Crippen LogP contribution in [0.2, 0.25) is 0 Å². The van der Waals surface area contributed by atoms with Gasteiger partial charge in [-0.25, -0.2) is 0 Å². The Morgan fingerprint density at radius 2 is 1.66 bits per heavy atom. The van der Waals surface area contributed by atoms with E-state index in [1.165, 1.54) is 11.3 Å². The predicted octanol–water partition coefficient (Wildman–Crippen LogP) is 5.18. The molecule has 0 aliphatic rings. The summed E-state index contributed by atoms with van der Waals surface area (Å²) < 4.78 is 6.18. The van der Waals surface area contributed by atoms with Gasteiger partial charge in [0.2, 0.25) is 0 Å². The number of nitrogens with zero attached hydrogens (tertiary/aromatic N) is 3. The van der Waals surface area contributed by atoms with Crippen LogP contribution in [0.25, 0.3) is 11.1 Å². The minimum atomic E-state index is -1.45. The Labute approximate surface area is 190 Å². The lowest BCUT2D eigenvalue weighted by Gasteiger charge is -2.28. The molecular weight excluding hydrogens is 418 g/mol. The molecule has 0 spiro atoms. The predicted molar refractivity (Wildman–Crippen MR) is 123 cm³/mol. The van der Waals surface area contributed by atoms with Crippen LogP contribution in [0.3, 0.4) is 0 Å². The number of rotatable bonds is 6. The van der Waals surface area contributed by atoms with Gasteiger partial charge in [-0.3, -0.25) is 4.98 Å². The maximum atomic E-state index is 11.7. The van der Waals surface area contributed by atoms with Crippen molar-refractivity contribution in [3.63, 3.8) is 0 Å². The minimum absolute atomic E-state index is 0.0636. The summed E-state index contributed by atoms with van der Waals surface area (Å²) >= 11 is 1.33. The third-order valence-corrected chi connectivity index (χ3v) is 6.16. The maximum absolute atomic E-state index is 11.7. The van der Waals surface area contributed by atoms with E-state index in [0.29, 0.717) is 27.3 Å². The van der Waals surface area contributed by atoms with Crippen molar-refractivity contribution < 1.29 is 9.84 Å². The summed E-state index contributed by atoms with van der Waals surface area (Å²) in [5.74, 6) is 0.560. The van der Waals surface area contributed by atoms with E-state index in [1.807, 2.05) is 31.2 Å². The lowest BCUT2D eigenvalue weighted by molar-refractivity contribution is 0.0308. The van der Waals surface area contributed by atoms with Crippen LogP contribution in [-0.2, 0) is 5.60 Å². The van der Waals surface area contributed by atoms with Crippen LogP contribution in [0.15, 0.2) is 78.4 Å². The molecule has 0 fully saturated rings. The van der Waals surface area contributed by atoms with Crippen molar-refractivity contribution in [1.82, 2.24) is 4.98 Å². The Bertz CT molecular complexity index is 1300. The first-order valence-corrected chi connectivity index (χ1v) is 10.8. The zero-order chi connectivity index (χ0) is 22.6. The van der Waals surface area contributed by atoms with E-state index in [1.54, 1.807) is 54.2 Å². The molecule has 0 amide bonds. The molecule has 0 saturated carbocycles. The molecule has 3 aromatic carbocycles. The monoisotopic (exact) mass is 437 g/mol. The molecule has 0 saturated heterocycles. The number of aliphatic hydroxyl groups is 1. The van der Waals surface area contributed by atoms with Crippen molar-refractivity contribution in [2.24, 2.45) is 0 Å². The van der Waals surface area contributed by atoms with Gasteiger partial charge in [0.15, 0.2) is 5.60 Å². The number of hydrogen-bond acceptors (Lipinski definition) is 6. The summed E-state index contributed by atoms with van der Waals surface area (Å²) in [5.41, 5.74) is 4.67. The largest absolute Gasteiger partial charge is 0.489 e. The van der Waals surface area contributed by atoms with Crippen molar-refractivity contribution in [3.05, 3.63) is 106 Å². The van der Waals surface area contributed by atoms with Crippen LogP contribution in [0.1, 0.15) is 27.1 Å². The van der Waals surface area contributed by atoms with E-state index in [2.05, 4.69) is 17.1 Å². The van der Waals surface area contributed by atoms with Gasteiger partial charge in [0.05, 0.1) is 33.7 Å². The molecule has 1 atom stereocenters. The summed E-state index contributed by atoms with van der Waals surface area (Å²) in [4.78, 5) is 4.75. The average molecular weight is 438 g/mol. The van der Waals surface area contributed by atoms with Gasteiger partial charge >= 0.3 is 0 Å². The Morgan fingerprint density at radius 1 is 0.969 bits per heavy atom. The summed E-state index contributed by atoms with van der Waals surface area (Å²) in [7, 11) is 0. The summed E-state index contributed by atoms with van der Waals surface area (Å²) in [6, 6.07) is 24.2. The molecule has 0 radical (unpaired) electrons. The van der Waals surface area contributed by atoms with Crippen LogP contribution in [-0.4, -0.2) is 16.7 Å². The molecule has 0 aliphatic heterocycles. The van der Waals surface area contributed by atoms with Crippen molar-refractivity contribution in [2.75, 3.05) is 6.61 Å². The summed E-state index contributed by atoms with van der Waals surface area (Å²) in [5, 5.41) is 30.1. The van der Waals surface area contributed by atoms with Gasteiger partial charge in [-0.15, -0.1) is 11.3 Å². The quantitative estimate of drug-likeness (QED) is 0.449. The number of aryl methyl sites for hydroxylation is 1. The number of hydrogen-bond donors (Lipinski definition) is 1. The lowest BCUT2D eigenvalue weighted by atomic mass is 9.92. The highest BCUT2D eigenvalue weighted by atomic mass is 32.1. The van der Waals surface area contributed by atoms with Crippen LogP contribution in [0.5, 0.6) is 5.75 Å². The van der Waals surface area contributed by atoms with Gasteiger partial charge < -0.3 is 9.84 Å². The molecule has 156 valence electrons. The highest BCUT2D eigenvalue weighted by molar-refractivity contribution is 7.09. The van der Waals surface area contributed by atoms with E-state index in [0.717, 1.165) is 16.7 Å². The molecular formula is C26H19N3O2S. The fourth-order valence-corrected chi connectivity index (χ4v) is 4.13. The van der Waals surface area contributed by atoms with E-state index in [9.17, 15) is 10.4 Å². The summed E-state index contributed by atoms with van der Waals surface area (Å²) in [6.07, 6.45) is 1.62. The second kappa shape index (κ2) is 9.03. The number of benzene rings is 3. The first kappa shape index (κ1) is 21.3. The Balaban J connectivity index is 1.72. The summed E-state index contributed by atoms with van der Waals surface area (Å²) in [6.45, 7) is 1.95. The highest BCUT2D eigenvalue weighted by Crippen LogP contribution is 2.36. The lowest BCUT2D eigenvalue weighted by Crippen LogP contribution is -2.33. The Morgan fingerprint density at radius 3 is 2.28 bits per heavy atom. The maximum Gasteiger partial charge on any atom is 0.159 e. The number of aromatic nitrogens is 1. The van der Waals surface area contributed by atoms with Gasteiger partial charge in [-0.05, 0) is 48.4 Å². The molecule has 1 unspecified atom stereocenters. The number of nitriles is 2. The molecule has 32 heavy (non-hydrogen) atoms. The third kappa shape index (κ3) is 4.24. The molecule has 1 heterocycles. The van der Waals surface area contributed by atoms with Crippen molar-refractivity contribution >= 4 is 11.3 Å². The van der Waals surface area contributed by atoms with E-state index >= 15 is 0 Å². The third-order valence-electron chi connectivity index (χ3n) is 5.24. The topological polar surface area (TPSA) is 89.9 Å². The Hall–Kier alpha value is -3.97. The van der Waals surface area contributed by atoms with Crippen LogP contribution >= 0.6 is 11.3 Å². The van der Waals surface area contributed by atoms with Crippen molar-refractivity contribution in [2.45, 2.75) is 12.5 Å². The fraction of sp³-hybridized carbons (Fsp3) is 0.115. The molecule has 1 aromatic heterocycles. The first-order valence-electron chi connectivity index (χ1n) is 9.89. The van der Waals surface area contributed by atoms with Crippen LogP contribution < -0.4 is 4.74 Å². The Kier molecular flexibility index (Phi) is 6.00. The minimum Gasteiger partial charge on any atom is -0.489 e. The molecule has 0 aliphatic carbocycles.